The predicted octanol–water partition coefficient (Wildman–Crippen LogP) is 4.13. The summed E-state index contributed by atoms with van der Waals surface area (Å²) in [4.78, 5) is 29.4. The first kappa shape index (κ1) is 21.9. The number of hydrogen-bond acceptors (Lipinski definition) is 6. The van der Waals surface area contributed by atoms with Gasteiger partial charge in [0.05, 0.1) is 15.4 Å². The molecule has 160 valence electrons. The zero-order chi connectivity index (χ0) is 21.9. The van der Waals surface area contributed by atoms with E-state index in [4.69, 9.17) is 0 Å². The van der Waals surface area contributed by atoms with Gasteiger partial charge in [0, 0.05) is 37.0 Å². The average molecular weight is 440 g/mol. The quantitative estimate of drug-likeness (QED) is 0.427. The maximum absolute atomic E-state index is 12.7. The molecule has 1 N–H and O–H groups in total. The van der Waals surface area contributed by atoms with E-state index >= 15 is 0 Å². The Morgan fingerprint density at radius 2 is 1.97 bits per heavy atom. The molecule has 0 bridgehead atoms. The van der Waals surface area contributed by atoms with Crippen LogP contribution in [0.3, 0.4) is 0 Å². The normalized spacial score (nSPS) is 15.1. The average Bonchev–Trinajstić information content (AvgIpc) is 2.73. The predicted molar refractivity (Wildman–Crippen MR) is 107 cm³/mol. The standard InChI is InChI=1S/C19H19F3N4O3S/c1-30-16-4-2-12(10-15(16)26(28)29)18(27)24-14-6-8-25(9-7-14)17-5-3-13(11-23-17)19(20,21)22/h2-5,10-11,14H,6-9H2,1H3,(H,24,27). The number of hydrogen-bond donors (Lipinski definition) is 1. The van der Waals surface area contributed by atoms with Gasteiger partial charge in [-0.25, -0.2) is 4.98 Å². The Balaban J connectivity index is 1.59. The van der Waals surface area contributed by atoms with Gasteiger partial charge in [0.15, 0.2) is 0 Å². The van der Waals surface area contributed by atoms with E-state index in [0.29, 0.717) is 36.6 Å². The molecule has 0 unspecified atom stereocenters. The van der Waals surface area contributed by atoms with Gasteiger partial charge in [-0.15, -0.1) is 11.8 Å². The third-order valence-corrected chi connectivity index (χ3v) is 5.65. The molecule has 1 aliphatic rings. The first-order valence-corrected chi connectivity index (χ1v) is 10.3. The number of carbonyl (C=O) groups is 1. The topological polar surface area (TPSA) is 88.4 Å². The fraction of sp³-hybridized carbons (Fsp3) is 0.368. The summed E-state index contributed by atoms with van der Waals surface area (Å²) in [6, 6.07) is 6.58. The largest absolute Gasteiger partial charge is 0.417 e. The van der Waals surface area contributed by atoms with Crippen molar-refractivity contribution < 1.29 is 22.9 Å². The van der Waals surface area contributed by atoms with Gasteiger partial charge < -0.3 is 10.2 Å². The number of nitrogens with one attached hydrogen (secondary N) is 1. The molecule has 3 rings (SSSR count). The second kappa shape index (κ2) is 8.90. The monoisotopic (exact) mass is 440 g/mol. The lowest BCUT2D eigenvalue weighted by atomic mass is 10.0. The SMILES string of the molecule is CSc1ccc(C(=O)NC2CCN(c3ccc(C(F)(F)F)cn3)CC2)cc1[N+](=O)[O-]. The number of halogens is 3. The molecule has 0 saturated carbocycles. The molecular weight excluding hydrogens is 421 g/mol. The number of nitrogens with zero attached hydrogens (tertiary/aromatic N) is 3. The minimum absolute atomic E-state index is 0.113. The summed E-state index contributed by atoms with van der Waals surface area (Å²) < 4.78 is 38.0. The van der Waals surface area contributed by atoms with Gasteiger partial charge in [-0.2, -0.15) is 13.2 Å². The number of nitro groups is 1. The van der Waals surface area contributed by atoms with Crippen molar-refractivity contribution >= 4 is 29.2 Å². The summed E-state index contributed by atoms with van der Waals surface area (Å²) >= 11 is 1.23. The molecule has 0 spiro atoms. The lowest BCUT2D eigenvalue weighted by Gasteiger charge is -2.33. The summed E-state index contributed by atoms with van der Waals surface area (Å²) in [5, 5.41) is 14.1. The van der Waals surface area contributed by atoms with Gasteiger partial charge >= 0.3 is 6.18 Å². The lowest BCUT2D eigenvalue weighted by Crippen LogP contribution is -2.45. The number of pyridine rings is 1. The molecule has 1 saturated heterocycles. The molecule has 0 radical (unpaired) electrons. The van der Waals surface area contributed by atoms with Crippen LogP contribution in [0.4, 0.5) is 24.7 Å². The van der Waals surface area contributed by atoms with Crippen LogP contribution in [0.5, 0.6) is 0 Å². The Labute approximate surface area is 174 Å². The number of thioether (sulfide) groups is 1. The van der Waals surface area contributed by atoms with Crippen LogP contribution in [0.2, 0.25) is 0 Å². The Kier molecular flexibility index (Phi) is 6.49. The van der Waals surface area contributed by atoms with Crippen molar-refractivity contribution in [1.82, 2.24) is 10.3 Å². The molecule has 0 aliphatic carbocycles. The first-order chi connectivity index (χ1) is 14.2. The zero-order valence-corrected chi connectivity index (χ0v) is 16.8. The van der Waals surface area contributed by atoms with Crippen molar-refractivity contribution in [3.8, 4) is 0 Å². The van der Waals surface area contributed by atoms with Gasteiger partial charge in [0.25, 0.3) is 11.6 Å². The lowest BCUT2D eigenvalue weighted by molar-refractivity contribution is -0.387. The number of benzene rings is 1. The van der Waals surface area contributed by atoms with Crippen LogP contribution in [0.25, 0.3) is 0 Å². The molecule has 2 heterocycles. The third-order valence-electron chi connectivity index (χ3n) is 4.87. The van der Waals surface area contributed by atoms with E-state index in [9.17, 15) is 28.1 Å². The van der Waals surface area contributed by atoms with Crippen LogP contribution in [-0.4, -0.2) is 41.2 Å². The molecule has 11 heteroatoms. The van der Waals surface area contributed by atoms with Gasteiger partial charge in [0.1, 0.15) is 5.82 Å². The second-order valence-electron chi connectivity index (χ2n) is 6.78. The number of nitro benzene ring substituents is 1. The first-order valence-electron chi connectivity index (χ1n) is 9.10. The van der Waals surface area contributed by atoms with Gasteiger partial charge in [0.2, 0.25) is 0 Å². The Morgan fingerprint density at radius 1 is 1.27 bits per heavy atom. The fourth-order valence-electron chi connectivity index (χ4n) is 3.24. The van der Waals surface area contributed by atoms with Gasteiger partial charge in [-0.3, -0.25) is 14.9 Å². The Hall–Kier alpha value is -2.82. The number of alkyl halides is 3. The van der Waals surface area contributed by atoms with Crippen molar-refractivity contribution in [2.24, 2.45) is 0 Å². The maximum atomic E-state index is 12.7. The molecule has 2 aromatic rings. The summed E-state index contributed by atoms with van der Waals surface area (Å²) in [6.45, 7) is 1.05. The number of carbonyl (C=O) groups excluding carboxylic acids is 1. The molecule has 0 atom stereocenters. The highest BCUT2D eigenvalue weighted by Gasteiger charge is 2.31. The van der Waals surface area contributed by atoms with E-state index in [1.165, 1.54) is 23.9 Å². The van der Waals surface area contributed by atoms with Crippen LogP contribution in [0.1, 0.15) is 28.8 Å². The van der Waals surface area contributed by atoms with Crippen LogP contribution in [0, 0.1) is 10.1 Å². The van der Waals surface area contributed by atoms with Crippen LogP contribution in [0.15, 0.2) is 41.4 Å². The van der Waals surface area contributed by atoms with Crippen molar-refractivity contribution in [3.63, 3.8) is 0 Å². The van der Waals surface area contributed by atoms with Crippen molar-refractivity contribution in [2.45, 2.75) is 30.0 Å². The minimum atomic E-state index is -4.42. The van der Waals surface area contributed by atoms with E-state index in [0.717, 1.165) is 12.3 Å². The second-order valence-corrected chi connectivity index (χ2v) is 7.63. The van der Waals surface area contributed by atoms with Crippen molar-refractivity contribution in [3.05, 3.63) is 57.8 Å². The van der Waals surface area contributed by atoms with E-state index in [1.54, 1.807) is 18.4 Å². The van der Waals surface area contributed by atoms with Crippen LogP contribution in [-0.2, 0) is 6.18 Å². The van der Waals surface area contributed by atoms with Gasteiger partial charge in [-0.1, -0.05) is 0 Å². The number of piperidine rings is 1. The number of aromatic nitrogens is 1. The van der Waals surface area contributed by atoms with E-state index in [1.807, 2.05) is 4.90 Å². The summed E-state index contributed by atoms with van der Waals surface area (Å²) in [5.41, 5.74) is -0.695. The van der Waals surface area contributed by atoms with E-state index in [2.05, 4.69) is 10.3 Å². The van der Waals surface area contributed by atoms with Crippen molar-refractivity contribution in [2.75, 3.05) is 24.2 Å². The summed E-state index contributed by atoms with van der Waals surface area (Å²) in [5.74, 6) is 0.0629. The highest BCUT2D eigenvalue weighted by atomic mass is 32.2. The van der Waals surface area contributed by atoms with E-state index in [-0.39, 0.29) is 17.3 Å². The minimum Gasteiger partial charge on any atom is -0.356 e. The Bertz CT molecular complexity index is 930. The highest BCUT2D eigenvalue weighted by Crippen LogP contribution is 2.30. The molecule has 1 amide bonds. The van der Waals surface area contributed by atoms with Gasteiger partial charge in [-0.05, 0) is 43.4 Å². The smallest absolute Gasteiger partial charge is 0.356 e. The molecule has 30 heavy (non-hydrogen) atoms. The fourth-order valence-corrected chi connectivity index (χ4v) is 3.78. The van der Waals surface area contributed by atoms with E-state index < -0.39 is 22.6 Å². The third kappa shape index (κ3) is 5.02. The maximum Gasteiger partial charge on any atom is 0.417 e. The summed E-state index contributed by atoms with van der Waals surface area (Å²) in [6.07, 6.45) is -0.722. The molecule has 1 aromatic heterocycles. The molecule has 1 fully saturated rings. The molecule has 1 aromatic carbocycles. The molecule has 1 aliphatic heterocycles. The Morgan fingerprint density at radius 3 is 2.50 bits per heavy atom. The molecular formula is C19H19F3N4O3S. The number of anilines is 1. The summed E-state index contributed by atoms with van der Waals surface area (Å²) in [7, 11) is 0. The number of rotatable bonds is 5. The van der Waals surface area contributed by atoms with Crippen molar-refractivity contribution in [1.29, 1.82) is 0 Å². The number of amides is 1. The van der Waals surface area contributed by atoms with Crippen LogP contribution < -0.4 is 10.2 Å². The zero-order valence-electron chi connectivity index (χ0n) is 16.0. The molecule has 7 nitrogen and oxygen atoms in total. The van der Waals surface area contributed by atoms with Crippen LogP contribution >= 0.6 is 11.8 Å². The highest BCUT2D eigenvalue weighted by molar-refractivity contribution is 7.98.